The summed E-state index contributed by atoms with van der Waals surface area (Å²) in [6.45, 7) is -0.658. The third-order valence-electron chi connectivity index (χ3n) is 1.84. The maximum Gasteiger partial charge on any atom is 0.328 e. The van der Waals surface area contributed by atoms with Gasteiger partial charge in [0.25, 0.3) is 5.91 Å². The Kier molecular flexibility index (Phi) is 4.27. The Morgan fingerprint density at radius 3 is 2.81 bits per heavy atom. The molecule has 16 heavy (non-hydrogen) atoms. The Morgan fingerprint density at radius 1 is 1.62 bits per heavy atom. The van der Waals surface area contributed by atoms with Crippen LogP contribution >= 0.6 is 11.3 Å². The monoisotopic (exact) mass is 245 g/mol. The van der Waals surface area contributed by atoms with Crippen molar-refractivity contribution in [2.45, 2.75) is 6.04 Å². The summed E-state index contributed by atoms with van der Waals surface area (Å²) >= 11 is 1.13. The van der Waals surface area contributed by atoms with Crippen LogP contribution in [0.4, 0.5) is 0 Å². The Balaban J connectivity index is 2.75. The minimum absolute atomic E-state index is 0.280. The van der Waals surface area contributed by atoms with Crippen LogP contribution in [0.25, 0.3) is 0 Å². The van der Waals surface area contributed by atoms with Gasteiger partial charge in [-0.3, -0.25) is 4.79 Å². The van der Waals surface area contributed by atoms with E-state index < -0.39 is 24.5 Å². The van der Waals surface area contributed by atoms with Crippen LogP contribution < -0.4 is 10.1 Å². The van der Waals surface area contributed by atoms with Crippen LogP contribution in [0.5, 0.6) is 5.75 Å². The molecular formula is C9H11NO5S. The van der Waals surface area contributed by atoms with E-state index in [0.29, 0.717) is 5.75 Å². The highest BCUT2D eigenvalue weighted by molar-refractivity contribution is 7.12. The number of ether oxygens (including phenoxy) is 1. The molecule has 0 radical (unpaired) electrons. The summed E-state index contributed by atoms with van der Waals surface area (Å²) in [6.07, 6.45) is 0. The lowest BCUT2D eigenvalue weighted by atomic mass is 10.3. The molecule has 0 aliphatic rings. The van der Waals surface area contributed by atoms with Gasteiger partial charge in [-0.25, -0.2) is 4.79 Å². The molecule has 0 saturated heterocycles. The van der Waals surface area contributed by atoms with Crippen molar-refractivity contribution in [3.05, 3.63) is 16.3 Å². The molecule has 0 spiro atoms. The highest BCUT2D eigenvalue weighted by Gasteiger charge is 2.22. The molecule has 0 aliphatic heterocycles. The number of thiophene rings is 1. The number of hydrogen-bond donors (Lipinski definition) is 3. The number of aliphatic hydroxyl groups excluding tert-OH is 1. The maximum absolute atomic E-state index is 11.6. The van der Waals surface area contributed by atoms with Crippen LogP contribution in [0.15, 0.2) is 11.4 Å². The second-order valence-electron chi connectivity index (χ2n) is 2.86. The molecule has 1 atom stereocenters. The van der Waals surface area contributed by atoms with E-state index in [1.807, 2.05) is 0 Å². The van der Waals surface area contributed by atoms with Gasteiger partial charge in [0.2, 0.25) is 0 Å². The average Bonchev–Trinajstić information content (AvgIpc) is 2.72. The molecule has 1 rings (SSSR count). The van der Waals surface area contributed by atoms with Crippen molar-refractivity contribution >= 4 is 23.2 Å². The molecule has 0 bridgehead atoms. The third kappa shape index (κ3) is 2.71. The first-order valence-corrected chi connectivity index (χ1v) is 5.24. The molecule has 88 valence electrons. The minimum Gasteiger partial charge on any atom is -0.495 e. The fourth-order valence-electron chi connectivity index (χ4n) is 1.03. The maximum atomic E-state index is 11.6. The average molecular weight is 245 g/mol. The topological polar surface area (TPSA) is 95.9 Å². The first-order valence-electron chi connectivity index (χ1n) is 4.36. The SMILES string of the molecule is COc1ccsc1C(=O)N[C@H](CO)C(=O)O. The molecule has 6 nitrogen and oxygen atoms in total. The lowest BCUT2D eigenvalue weighted by molar-refractivity contribution is -0.140. The molecule has 1 amide bonds. The Hall–Kier alpha value is -1.60. The zero-order valence-electron chi connectivity index (χ0n) is 8.47. The quantitative estimate of drug-likeness (QED) is 0.675. The molecule has 0 fully saturated rings. The summed E-state index contributed by atoms with van der Waals surface area (Å²) in [6, 6.07) is 0.299. The lowest BCUT2D eigenvalue weighted by Gasteiger charge is -2.11. The largest absolute Gasteiger partial charge is 0.495 e. The van der Waals surface area contributed by atoms with Crippen LogP contribution in [0.1, 0.15) is 9.67 Å². The van der Waals surface area contributed by atoms with Crippen LogP contribution in [-0.4, -0.2) is 41.8 Å². The highest BCUT2D eigenvalue weighted by atomic mass is 32.1. The van der Waals surface area contributed by atoms with Crippen molar-refractivity contribution in [1.82, 2.24) is 5.32 Å². The van der Waals surface area contributed by atoms with Gasteiger partial charge in [0, 0.05) is 0 Å². The number of carbonyl (C=O) groups excluding carboxylic acids is 1. The molecule has 1 aromatic rings. The molecule has 0 unspecified atom stereocenters. The zero-order chi connectivity index (χ0) is 12.1. The molecule has 3 N–H and O–H groups in total. The summed E-state index contributed by atoms with van der Waals surface area (Å²) in [5, 5.41) is 21.2. The number of hydrogen-bond acceptors (Lipinski definition) is 5. The number of carboxylic acid groups (broad SMARTS) is 1. The van der Waals surface area contributed by atoms with Gasteiger partial charge >= 0.3 is 5.97 Å². The molecule has 0 aromatic carbocycles. The van der Waals surface area contributed by atoms with Crippen molar-refractivity contribution in [1.29, 1.82) is 0 Å². The Labute approximate surface area is 95.5 Å². The van der Waals surface area contributed by atoms with Gasteiger partial charge in [0.1, 0.15) is 10.6 Å². The number of amides is 1. The van der Waals surface area contributed by atoms with E-state index in [9.17, 15) is 9.59 Å². The Morgan fingerprint density at radius 2 is 2.31 bits per heavy atom. The summed E-state index contributed by atoms with van der Waals surface area (Å²) < 4.78 is 4.92. The number of nitrogens with one attached hydrogen (secondary N) is 1. The van der Waals surface area contributed by atoms with Crippen molar-refractivity contribution < 1.29 is 24.5 Å². The fraction of sp³-hybridized carbons (Fsp3) is 0.333. The summed E-state index contributed by atoms with van der Waals surface area (Å²) in [7, 11) is 1.42. The van der Waals surface area contributed by atoms with Crippen molar-refractivity contribution in [2.24, 2.45) is 0 Å². The number of rotatable bonds is 5. The predicted octanol–water partition coefficient (Wildman–Crippen LogP) is -0.0680. The van der Waals surface area contributed by atoms with Crippen LogP contribution in [-0.2, 0) is 4.79 Å². The molecule has 7 heteroatoms. The van der Waals surface area contributed by atoms with Gasteiger partial charge in [-0.15, -0.1) is 11.3 Å². The number of aliphatic carboxylic acids is 1. The normalized spacial score (nSPS) is 11.9. The minimum atomic E-state index is -1.31. The van der Waals surface area contributed by atoms with Crippen molar-refractivity contribution in [3.63, 3.8) is 0 Å². The van der Waals surface area contributed by atoms with Crippen LogP contribution in [0, 0.1) is 0 Å². The number of methoxy groups -OCH3 is 1. The fourth-order valence-corrected chi connectivity index (χ4v) is 1.79. The molecule has 1 aromatic heterocycles. The zero-order valence-corrected chi connectivity index (χ0v) is 9.28. The molecule has 0 saturated carbocycles. The van der Waals surface area contributed by atoms with Gasteiger partial charge in [0.05, 0.1) is 13.7 Å². The van der Waals surface area contributed by atoms with E-state index >= 15 is 0 Å². The van der Waals surface area contributed by atoms with Crippen molar-refractivity contribution in [2.75, 3.05) is 13.7 Å². The van der Waals surface area contributed by atoms with Crippen LogP contribution in [0.2, 0.25) is 0 Å². The van der Waals surface area contributed by atoms with E-state index in [0.717, 1.165) is 11.3 Å². The van der Waals surface area contributed by atoms with Gasteiger partial charge < -0.3 is 20.3 Å². The first kappa shape index (κ1) is 12.5. The van der Waals surface area contributed by atoms with Gasteiger partial charge in [-0.2, -0.15) is 0 Å². The molecule has 0 aliphatic carbocycles. The van der Waals surface area contributed by atoms with E-state index in [1.165, 1.54) is 7.11 Å². The van der Waals surface area contributed by atoms with Gasteiger partial charge in [0.15, 0.2) is 6.04 Å². The van der Waals surface area contributed by atoms with Crippen LogP contribution in [0.3, 0.4) is 0 Å². The van der Waals surface area contributed by atoms with E-state index in [2.05, 4.69) is 5.32 Å². The van der Waals surface area contributed by atoms with Gasteiger partial charge in [-0.05, 0) is 11.4 Å². The first-order chi connectivity index (χ1) is 7.60. The second-order valence-corrected chi connectivity index (χ2v) is 3.78. The van der Waals surface area contributed by atoms with E-state index in [4.69, 9.17) is 14.9 Å². The second kappa shape index (κ2) is 5.47. The number of carboxylic acids is 1. The summed E-state index contributed by atoms with van der Waals surface area (Å²) in [4.78, 5) is 22.5. The molecule has 1 heterocycles. The number of carbonyl (C=O) groups is 2. The standard InChI is InChI=1S/C9H11NO5S/c1-15-6-2-3-16-7(6)8(12)10-5(4-11)9(13)14/h2-3,5,11H,4H2,1H3,(H,10,12)(H,13,14)/t5-/m1/s1. The Bertz CT molecular complexity index is 389. The highest BCUT2D eigenvalue weighted by Crippen LogP contribution is 2.24. The van der Waals surface area contributed by atoms with E-state index in [-0.39, 0.29) is 4.88 Å². The molecular weight excluding hydrogens is 234 g/mol. The summed E-state index contributed by atoms with van der Waals surface area (Å²) in [5.74, 6) is -1.48. The summed E-state index contributed by atoms with van der Waals surface area (Å²) in [5.41, 5.74) is 0. The predicted molar refractivity (Wildman–Crippen MR) is 56.8 cm³/mol. The van der Waals surface area contributed by atoms with E-state index in [1.54, 1.807) is 11.4 Å². The van der Waals surface area contributed by atoms with Gasteiger partial charge in [-0.1, -0.05) is 0 Å². The van der Waals surface area contributed by atoms with Crippen molar-refractivity contribution in [3.8, 4) is 5.75 Å². The number of aliphatic hydroxyl groups is 1. The smallest absolute Gasteiger partial charge is 0.328 e. The third-order valence-corrected chi connectivity index (χ3v) is 2.74. The lowest BCUT2D eigenvalue weighted by Crippen LogP contribution is -2.43.